The number of carbonyl (C=O) groups is 1. The van der Waals surface area contributed by atoms with Gasteiger partial charge in [-0.3, -0.25) is 9.78 Å². The summed E-state index contributed by atoms with van der Waals surface area (Å²) in [6.07, 6.45) is 10.3. The summed E-state index contributed by atoms with van der Waals surface area (Å²) in [5, 5.41) is 5.85. The Labute approximate surface area is 152 Å². The van der Waals surface area contributed by atoms with Gasteiger partial charge in [0.2, 0.25) is 0 Å². The first-order chi connectivity index (χ1) is 12.8. The fourth-order valence-corrected chi connectivity index (χ4v) is 2.41. The molecule has 5 nitrogen and oxygen atoms in total. The summed E-state index contributed by atoms with van der Waals surface area (Å²) in [5.41, 5.74) is 3.83. The lowest BCUT2D eigenvalue weighted by molar-refractivity contribution is 0.0958. The molecule has 0 atom stereocenters. The monoisotopic (exact) mass is 342 g/mol. The van der Waals surface area contributed by atoms with Crippen LogP contribution in [-0.4, -0.2) is 22.4 Å². The summed E-state index contributed by atoms with van der Waals surface area (Å²) in [4.78, 5) is 20.2. The normalized spacial score (nSPS) is 9.96. The molecule has 26 heavy (non-hydrogen) atoms. The first-order valence-corrected chi connectivity index (χ1v) is 8.17. The molecule has 0 aliphatic carbocycles. The van der Waals surface area contributed by atoms with Gasteiger partial charge in [0.15, 0.2) is 0 Å². The van der Waals surface area contributed by atoms with E-state index < -0.39 is 0 Å². The molecule has 2 aromatic heterocycles. The zero-order valence-electron chi connectivity index (χ0n) is 14.1. The zero-order valence-corrected chi connectivity index (χ0v) is 14.1. The van der Waals surface area contributed by atoms with Crippen molar-refractivity contribution in [3.8, 4) is 23.5 Å². The number of pyridine rings is 2. The Kier molecular flexibility index (Phi) is 5.58. The van der Waals surface area contributed by atoms with Gasteiger partial charge >= 0.3 is 0 Å². The zero-order chi connectivity index (χ0) is 18.2. The van der Waals surface area contributed by atoms with E-state index in [1.165, 1.54) is 6.20 Å². The van der Waals surface area contributed by atoms with Crippen LogP contribution in [0.1, 0.15) is 15.9 Å². The maximum absolute atomic E-state index is 11.8. The summed E-state index contributed by atoms with van der Waals surface area (Å²) in [7, 11) is 0. The quantitative estimate of drug-likeness (QED) is 0.676. The van der Waals surface area contributed by atoms with Crippen molar-refractivity contribution in [1.29, 1.82) is 0 Å². The van der Waals surface area contributed by atoms with Gasteiger partial charge in [-0.05, 0) is 34.9 Å². The van der Waals surface area contributed by atoms with Gasteiger partial charge in [-0.25, -0.2) is 4.98 Å². The molecule has 0 aliphatic heterocycles. The van der Waals surface area contributed by atoms with E-state index in [4.69, 9.17) is 6.42 Å². The number of nitrogens with one attached hydrogen (secondary N) is 2. The molecule has 0 saturated carbocycles. The van der Waals surface area contributed by atoms with E-state index in [0.717, 1.165) is 16.7 Å². The second-order valence-corrected chi connectivity index (χ2v) is 5.61. The highest BCUT2D eigenvalue weighted by Gasteiger charge is 2.05. The maximum Gasteiger partial charge on any atom is 0.253 e. The van der Waals surface area contributed by atoms with E-state index >= 15 is 0 Å². The summed E-state index contributed by atoms with van der Waals surface area (Å²) in [5.74, 6) is 2.84. The molecule has 5 heteroatoms. The van der Waals surface area contributed by atoms with Gasteiger partial charge in [0.1, 0.15) is 5.82 Å². The standard InChI is InChI=1S/C21H18N4O/c1-2-11-23-21(26)19-9-10-20(25-15-19)24-13-16-5-7-17(8-6-16)18-4-3-12-22-14-18/h1,3-10,12,14-15H,11,13H2,(H,23,26)(H,24,25). The summed E-state index contributed by atoms with van der Waals surface area (Å²) in [6.45, 7) is 0.844. The highest BCUT2D eigenvalue weighted by molar-refractivity contribution is 5.94. The number of benzene rings is 1. The number of aromatic nitrogens is 2. The number of hydrogen-bond donors (Lipinski definition) is 2. The average molecular weight is 342 g/mol. The molecule has 2 N–H and O–H groups in total. The van der Waals surface area contributed by atoms with E-state index in [2.05, 4.69) is 50.8 Å². The Morgan fingerprint density at radius 3 is 2.54 bits per heavy atom. The lowest BCUT2D eigenvalue weighted by atomic mass is 10.1. The molecule has 0 spiro atoms. The predicted molar refractivity (Wildman–Crippen MR) is 102 cm³/mol. The van der Waals surface area contributed by atoms with Gasteiger partial charge in [-0.15, -0.1) is 6.42 Å². The SMILES string of the molecule is C#CCNC(=O)c1ccc(NCc2ccc(-c3cccnc3)cc2)nc1. The molecule has 3 rings (SSSR count). The molecule has 0 fully saturated rings. The largest absolute Gasteiger partial charge is 0.366 e. The Bertz CT molecular complexity index is 897. The molecule has 1 amide bonds. The maximum atomic E-state index is 11.8. The van der Waals surface area contributed by atoms with Gasteiger partial charge < -0.3 is 10.6 Å². The molecule has 0 unspecified atom stereocenters. The molecule has 0 aliphatic rings. The van der Waals surface area contributed by atoms with E-state index in [-0.39, 0.29) is 12.5 Å². The van der Waals surface area contributed by atoms with Gasteiger partial charge in [0.05, 0.1) is 12.1 Å². The Morgan fingerprint density at radius 2 is 1.88 bits per heavy atom. The fourth-order valence-electron chi connectivity index (χ4n) is 2.41. The topological polar surface area (TPSA) is 66.9 Å². The minimum absolute atomic E-state index is 0.202. The van der Waals surface area contributed by atoms with Crippen LogP contribution in [0, 0.1) is 12.3 Å². The molecule has 1 aromatic carbocycles. The van der Waals surface area contributed by atoms with Gasteiger partial charge in [0.25, 0.3) is 5.91 Å². The highest BCUT2D eigenvalue weighted by Crippen LogP contribution is 2.18. The predicted octanol–water partition coefficient (Wildman–Crippen LogP) is 3.12. The Hall–Kier alpha value is -3.65. The van der Waals surface area contributed by atoms with E-state index in [0.29, 0.717) is 17.9 Å². The second kappa shape index (κ2) is 8.45. The molecule has 128 valence electrons. The van der Waals surface area contributed by atoms with Gasteiger partial charge in [-0.1, -0.05) is 36.3 Å². The molecule has 0 bridgehead atoms. The van der Waals surface area contributed by atoms with Crippen molar-refractivity contribution < 1.29 is 4.79 Å². The smallest absolute Gasteiger partial charge is 0.253 e. The van der Waals surface area contributed by atoms with Crippen LogP contribution in [-0.2, 0) is 6.54 Å². The Balaban J connectivity index is 1.57. The average Bonchev–Trinajstić information content (AvgIpc) is 2.72. The van der Waals surface area contributed by atoms with Crippen molar-refractivity contribution >= 4 is 11.7 Å². The summed E-state index contributed by atoms with van der Waals surface area (Å²) >= 11 is 0. The first kappa shape index (κ1) is 17.2. The molecule has 0 saturated heterocycles. The van der Waals surface area contributed by atoms with Crippen molar-refractivity contribution in [1.82, 2.24) is 15.3 Å². The number of carbonyl (C=O) groups excluding carboxylic acids is 1. The van der Waals surface area contributed by atoms with Gasteiger partial charge in [-0.2, -0.15) is 0 Å². The van der Waals surface area contributed by atoms with Crippen LogP contribution in [0.25, 0.3) is 11.1 Å². The lowest BCUT2D eigenvalue weighted by Gasteiger charge is -2.08. The van der Waals surface area contributed by atoms with Crippen molar-refractivity contribution in [3.63, 3.8) is 0 Å². The number of rotatable bonds is 6. The second-order valence-electron chi connectivity index (χ2n) is 5.61. The Morgan fingerprint density at radius 1 is 1.04 bits per heavy atom. The molecule has 3 aromatic rings. The van der Waals surface area contributed by atoms with Crippen molar-refractivity contribution in [2.45, 2.75) is 6.54 Å². The van der Waals surface area contributed by atoms with Crippen LogP contribution in [0.15, 0.2) is 67.1 Å². The van der Waals surface area contributed by atoms with Crippen LogP contribution in [0.2, 0.25) is 0 Å². The lowest BCUT2D eigenvalue weighted by Crippen LogP contribution is -2.23. The molecule has 2 heterocycles. The van der Waals surface area contributed by atoms with Crippen LogP contribution in [0.5, 0.6) is 0 Å². The third-order valence-electron chi connectivity index (χ3n) is 3.80. The number of nitrogens with zero attached hydrogens (tertiary/aromatic N) is 2. The minimum Gasteiger partial charge on any atom is -0.366 e. The van der Waals surface area contributed by atoms with E-state index in [1.54, 1.807) is 18.3 Å². The fraction of sp³-hybridized carbons (Fsp3) is 0.0952. The van der Waals surface area contributed by atoms with E-state index in [9.17, 15) is 4.79 Å². The third kappa shape index (κ3) is 4.46. The molecular weight excluding hydrogens is 324 g/mol. The molecular formula is C21H18N4O. The third-order valence-corrected chi connectivity index (χ3v) is 3.80. The number of anilines is 1. The van der Waals surface area contributed by atoms with Crippen LogP contribution in [0.4, 0.5) is 5.82 Å². The molecule has 0 radical (unpaired) electrons. The first-order valence-electron chi connectivity index (χ1n) is 8.17. The number of terminal acetylenes is 1. The van der Waals surface area contributed by atoms with Crippen molar-refractivity contribution in [3.05, 3.63) is 78.2 Å². The van der Waals surface area contributed by atoms with E-state index in [1.807, 2.05) is 18.3 Å². The van der Waals surface area contributed by atoms with Gasteiger partial charge in [0, 0.05) is 25.1 Å². The highest BCUT2D eigenvalue weighted by atomic mass is 16.1. The minimum atomic E-state index is -0.229. The number of hydrogen-bond acceptors (Lipinski definition) is 4. The summed E-state index contributed by atoms with van der Waals surface area (Å²) in [6, 6.07) is 15.7. The number of amides is 1. The van der Waals surface area contributed by atoms with Crippen LogP contribution in [0.3, 0.4) is 0 Å². The summed E-state index contributed by atoms with van der Waals surface area (Å²) < 4.78 is 0. The van der Waals surface area contributed by atoms with Crippen molar-refractivity contribution in [2.75, 3.05) is 11.9 Å². The van der Waals surface area contributed by atoms with Crippen molar-refractivity contribution in [2.24, 2.45) is 0 Å². The van der Waals surface area contributed by atoms with Crippen LogP contribution < -0.4 is 10.6 Å². The van der Waals surface area contributed by atoms with Crippen LogP contribution >= 0.6 is 0 Å².